The molecule has 0 aromatic rings. The maximum Gasteiger partial charge on any atom is 0.224 e. The molecule has 0 fully saturated rings. The quantitative estimate of drug-likeness (QED) is 0.573. The Bertz CT molecular complexity index is 175. The summed E-state index contributed by atoms with van der Waals surface area (Å²) >= 11 is 0. The maximum absolute atomic E-state index is 11.4. The minimum atomic E-state index is -0.840. The van der Waals surface area contributed by atoms with Crippen LogP contribution in [0.25, 0.3) is 0 Å². The van der Waals surface area contributed by atoms with Crippen molar-refractivity contribution in [1.29, 1.82) is 0 Å². The van der Waals surface area contributed by atoms with E-state index < -0.39 is 5.60 Å². The van der Waals surface area contributed by atoms with Crippen molar-refractivity contribution in [1.82, 2.24) is 10.6 Å². The van der Waals surface area contributed by atoms with Crippen LogP contribution in [0.4, 0.5) is 0 Å². The van der Waals surface area contributed by atoms with Gasteiger partial charge in [-0.05, 0) is 20.4 Å². The summed E-state index contributed by atoms with van der Waals surface area (Å²) in [6.45, 7) is 9.04. The molecular weight excluding hydrogens is 180 g/mol. The fourth-order valence-corrected chi connectivity index (χ4v) is 0.931. The number of carbonyl (C=O) groups is 1. The van der Waals surface area contributed by atoms with Gasteiger partial charge in [-0.15, -0.1) is 0 Å². The molecule has 0 aromatic carbocycles. The summed E-state index contributed by atoms with van der Waals surface area (Å²) in [6, 6.07) is 0. The predicted octanol–water partition coefficient (Wildman–Crippen LogP) is 0.119. The molecule has 0 spiro atoms. The topological polar surface area (TPSA) is 61.4 Å². The standard InChI is InChI=1S/C10H22N2O2/c1-5-11-6-8(2)9(13)12-7-10(3,4)14/h8,11,14H,5-7H2,1-4H3,(H,12,13). The average Bonchev–Trinajstić information content (AvgIpc) is 2.09. The molecule has 3 N–H and O–H groups in total. The molecule has 0 aliphatic rings. The van der Waals surface area contributed by atoms with E-state index in [1.165, 1.54) is 0 Å². The van der Waals surface area contributed by atoms with Crippen LogP contribution < -0.4 is 10.6 Å². The van der Waals surface area contributed by atoms with E-state index in [-0.39, 0.29) is 11.8 Å². The molecule has 1 amide bonds. The minimum Gasteiger partial charge on any atom is -0.389 e. The van der Waals surface area contributed by atoms with E-state index in [1.807, 2.05) is 13.8 Å². The highest BCUT2D eigenvalue weighted by molar-refractivity contribution is 5.78. The van der Waals surface area contributed by atoms with Crippen molar-refractivity contribution in [3.8, 4) is 0 Å². The number of amides is 1. The average molecular weight is 202 g/mol. The summed E-state index contributed by atoms with van der Waals surface area (Å²) in [5.41, 5.74) is -0.840. The molecule has 4 nitrogen and oxygen atoms in total. The van der Waals surface area contributed by atoms with Gasteiger partial charge < -0.3 is 15.7 Å². The maximum atomic E-state index is 11.4. The van der Waals surface area contributed by atoms with Crippen molar-refractivity contribution in [2.75, 3.05) is 19.6 Å². The summed E-state index contributed by atoms with van der Waals surface area (Å²) in [5.74, 6) is -0.0784. The molecule has 0 saturated heterocycles. The molecule has 0 heterocycles. The zero-order valence-electron chi connectivity index (χ0n) is 9.55. The lowest BCUT2D eigenvalue weighted by molar-refractivity contribution is -0.125. The summed E-state index contributed by atoms with van der Waals surface area (Å²) in [4.78, 5) is 11.4. The van der Waals surface area contributed by atoms with Gasteiger partial charge in [-0.2, -0.15) is 0 Å². The normalized spacial score (nSPS) is 13.8. The van der Waals surface area contributed by atoms with Crippen LogP contribution in [0.2, 0.25) is 0 Å². The van der Waals surface area contributed by atoms with Crippen LogP contribution >= 0.6 is 0 Å². The molecule has 0 radical (unpaired) electrons. The highest BCUT2D eigenvalue weighted by Crippen LogP contribution is 1.99. The van der Waals surface area contributed by atoms with Gasteiger partial charge in [0.05, 0.1) is 5.60 Å². The molecule has 14 heavy (non-hydrogen) atoms. The van der Waals surface area contributed by atoms with E-state index in [0.29, 0.717) is 13.1 Å². The summed E-state index contributed by atoms with van der Waals surface area (Å²) in [7, 11) is 0. The monoisotopic (exact) mass is 202 g/mol. The number of nitrogens with one attached hydrogen (secondary N) is 2. The van der Waals surface area contributed by atoms with Gasteiger partial charge in [0.25, 0.3) is 0 Å². The highest BCUT2D eigenvalue weighted by Gasteiger charge is 2.17. The Hall–Kier alpha value is -0.610. The molecular formula is C10H22N2O2. The van der Waals surface area contributed by atoms with Gasteiger partial charge in [0.1, 0.15) is 0 Å². The number of carbonyl (C=O) groups excluding carboxylic acids is 1. The fourth-order valence-electron chi connectivity index (χ4n) is 0.931. The van der Waals surface area contributed by atoms with Crippen LogP contribution in [0.3, 0.4) is 0 Å². The molecule has 0 aliphatic heterocycles. The van der Waals surface area contributed by atoms with Crippen LogP contribution in [0, 0.1) is 5.92 Å². The van der Waals surface area contributed by atoms with Gasteiger partial charge in [0.2, 0.25) is 5.91 Å². The lowest BCUT2D eigenvalue weighted by Gasteiger charge is -2.19. The van der Waals surface area contributed by atoms with E-state index >= 15 is 0 Å². The van der Waals surface area contributed by atoms with E-state index in [2.05, 4.69) is 10.6 Å². The van der Waals surface area contributed by atoms with Crippen LogP contribution in [0.15, 0.2) is 0 Å². The first-order valence-corrected chi connectivity index (χ1v) is 5.07. The van der Waals surface area contributed by atoms with Gasteiger partial charge in [-0.25, -0.2) is 0 Å². The third-order valence-corrected chi connectivity index (χ3v) is 1.84. The Labute approximate surface area is 86.1 Å². The molecule has 0 rings (SSSR count). The molecule has 0 aromatic heterocycles. The molecule has 0 bridgehead atoms. The third kappa shape index (κ3) is 6.86. The molecule has 4 heteroatoms. The lowest BCUT2D eigenvalue weighted by Crippen LogP contribution is -2.42. The lowest BCUT2D eigenvalue weighted by atomic mass is 10.1. The SMILES string of the molecule is CCNCC(C)C(=O)NCC(C)(C)O. The van der Waals surface area contributed by atoms with Gasteiger partial charge in [0.15, 0.2) is 0 Å². The highest BCUT2D eigenvalue weighted by atomic mass is 16.3. The van der Waals surface area contributed by atoms with Crippen LogP contribution in [0.1, 0.15) is 27.7 Å². The van der Waals surface area contributed by atoms with Gasteiger partial charge in [-0.3, -0.25) is 4.79 Å². The van der Waals surface area contributed by atoms with Crippen molar-refractivity contribution < 1.29 is 9.90 Å². The molecule has 0 aliphatic carbocycles. The largest absolute Gasteiger partial charge is 0.389 e. The van der Waals surface area contributed by atoms with Crippen LogP contribution in [-0.2, 0) is 4.79 Å². The zero-order chi connectivity index (χ0) is 11.2. The van der Waals surface area contributed by atoms with Crippen molar-refractivity contribution >= 4 is 5.91 Å². The Morgan fingerprint density at radius 2 is 2.07 bits per heavy atom. The Morgan fingerprint density at radius 1 is 1.50 bits per heavy atom. The van der Waals surface area contributed by atoms with Crippen molar-refractivity contribution in [3.05, 3.63) is 0 Å². The smallest absolute Gasteiger partial charge is 0.224 e. The van der Waals surface area contributed by atoms with Gasteiger partial charge in [0, 0.05) is 19.0 Å². The number of aliphatic hydroxyl groups is 1. The Morgan fingerprint density at radius 3 is 2.50 bits per heavy atom. The minimum absolute atomic E-state index is 0.0203. The van der Waals surface area contributed by atoms with Crippen molar-refractivity contribution in [2.45, 2.75) is 33.3 Å². The fraction of sp³-hybridized carbons (Fsp3) is 0.900. The molecule has 0 saturated carbocycles. The second-order valence-corrected chi connectivity index (χ2v) is 4.24. The second kappa shape index (κ2) is 5.98. The molecule has 1 atom stereocenters. The summed E-state index contributed by atoms with van der Waals surface area (Å²) in [5, 5.41) is 15.2. The molecule has 84 valence electrons. The number of hydrogen-bond donors (Lipinski definition) is 3. The third-order valence-electron chi connectivity index (χ3n) is 1.84. The Balaban J connectivity index is 3.73. The summed E-state index contributed by atoms with van der Waals surface area (Å²) in [6.07, 6.45) is 0. The Kier molecular flexibility index (Phi) is 5.72. The number of hydrogen-bond acceptors (Lipinski definition) is 3. The first-order chi connectivity index (χ1) is 6.37. The predicted molar refractivity (Wildman–Crippen MR) is 57.0 cm³/mol. The van der Waals surface area contributed by atoms with Crippen molar-refractivity contribution in [3.63, 3.8) is 0 Å². The molecule has 1 unspecified atom stereocenters. The van der Waals surface area contributed by atoms with Crippen LogP contribution in [-0.4, -0.2) is 36.2 Å². The van der Waals surface area contributed by atoms with Crippen LogP contribution in [0.5, 0.6) is 0 Å². The summed E-state index contributed by atoms with van der Waals surface area (Å²) < 4.78 is 0. The zero-order valence-corrected chi connectivity index (χ0v) is 9.55. The number of rotatable bonds is 6. The van der Waals surface area contributed by atoms with E-state index in [4.69, 9.17) is 0 Å². The van der Waals surface area contributed by atoms with Gasteiger partial charge in [-0.1, -0.05) is 13.8 Å². The second-order valence-electron chi connectivity index (χ2n) is 4.24. The van der Waals surface area contributed by atoms with Gasteiger partial charge >= 0.3 is 0 Å². The first kappa shape index (κ1) is 13.4. The van der Waals surface area contributed by atoms with E-state index in [9.17, 15) is 9.90 Å². The van der Waals surface area contributed by atoms with E-state index in [0.717, 1.165) is 6.54 Å². The first-order valence-electron chi connectivity index (χ1n) is 5.07. The van der Waals surface area contributed by atoms with E-state index in [1.54, 1.807) is 13.8 Å². The van der Waals surface area contributed by atoms with Crippen molar-refractivity contribution in [2.24, 2.45) is 5.92 Å².